The van der Waals surface area contributed by atoms with Gasteiger partial charge in [0.2, 0.25) is 0 Å². The van der Waals surface area contributed by atoms with Gasteiger partial charge in [0.15, 0.2) is 0 Å². The van der Waals surface area contributed by atoms with E-state index in [-0.39, 0.29) is 34.8 Å². The molecular formula is C16H8BrF7O2. The fourth-order valence-corrected chi connectivity index (χ4v) is 2.39. The molecule has 10 heteroatoms. The van der Waals surface area contributed by atoms with Crippen LogP contribution in [0.1, 0.15) is 27.0 Å². The number of carbonyl (C=O) groups excluding carboxylic acids is 1. The van der Waals surface area contributed by atoms with Crippen molar-refractivity contribution in [3.63, 3.8) is 0 Å². The van der Waals surface area contributed by atoms with E-state index >= 15 is 0 Å². The van der Waals surface area contributed by atoms with Crippen LogP contribution in [0.15, 0.2) is 36.4 Å². The topological polar surface area (TPSA) is 26.3 Å². The summed E-state index contributed by atoms with van der Waals surface area (Å²) in [6.45, 7) is 0. The molecule has 0 atom stereocenters. The van der Waals surface area contributed by atoms with Crippen LogP contribution in [0, 0.1) is 5.82 Å². The fourth-order valence-electron chi connectivity index (χ4n) is 1.96. The Morgan fingerprint density at radius 2 is 1.46 bits per heavy atom. The van der Waals surface area contributed by atoms with Crippen molar-refractivity contribution in [3.8, 4) is 5.75 Å². The van der Waals surface area contributed by atoms with Gasteiger partial charge in [-0.25, -0.2) is 9.18 Å². The number of hydrogen-bond acceptors (Lipinski definition) is 2. The zero-order valence-electron chi connectivity index (χ0n) is 12.5. The monoisotopic (exact) mass is 444 g/mol. The first-order chi connectivity index (χ1) is 11.9. The number of benzene rings is 2. The minimum absolute atomic E-state index is 0.0615. The lowest BCUT2D eigenvalue weighted by molar-refractivity contribution is -0.143. The van der Waals surface area contributed by atoms with E-state index in [1.165, 1.54) is 0 Å². The van der Waals surface area contributed by atoms with E-state index in [1.807, 2.05) is 0 Å². The van der Waals surface area contributed by atoms with Crippen molar-refractivity contribution in [2.45, 2.75) is 17.7 Å². The molecule has 0 fully saturated rings. The van der Waals surface area contributed by atoms with Gasteiger partial charge in [-0.15, -0.1) is 0 Å². The Hall–Kier alpha value is -2.10. The van der Waals surface area contributed by atoms with Crippen LogP contribution in [0.5, 0.6) is 5.75 Å². The van der Waals surface area contributed by atoms with Crippen molar-refractivity contribution >= 4 is 21.9 Å². The Morgan fingerprint density at radius 3 is 1.92 bits per heavy atom. The minimum Gasteiger partial charge on any atom is -0.423 e. The van der Waals surface area contributed by atoms with Gasteiger partial charge in [-0.3, -0.25) is 0 Å². The molecule has 0 aliphatic carbocycles. The largest absolute Gasteiger partial charge is 0.423 e. The van der Waals surface area contributed by atoms with E-state index in [0.29, 0.717) is 0 Å². The summed E-state index contributed by atoms with van der Waals surface area (Å²) < 4.78 is 95.0. The second-order valence-electron chi connectivity index (χ2n) is 5.07. The van der Waals surface area contributed by atoms with E-state index in [2.05, 4.69) is 15.9 Å². The summed E-state index contributed by atoms with van der Waals surface area (Å²) in [5.41, 5.74) is -4.12. The molecule has 2 nitrogen and oxygen atoms in total. The smallest absolute Gasteiger partial charge is 0.416 e. The van der Waals surface area contributed by atoms with Gasteiger partial charge in [0.1, 0.15) is 11.6 Å². The lowest BCUT2D eigenvalue weighted by atomic mass is 10.0. The molecule has 0 aromatic heterocycles. The lowest BCUT2D eigenvalue weighted by Crippen LogP contribution is -2.16. The highest BCUT2D eigenvalue weighted by atomic mass is 79.9. The molecule has 2 rings (SSSR count). The first-order valence-corrected chi connectivity index (χ1v) is 7.90. The van der Waals surface area contributed by atoms with Crippen LogP contribution in [0.4, 0.5) is 30.7 Å². The first-order valence-electron chi connectivity index (χ1n) is 6.78. The average molecular weight is 445 g/mol. The van der Waals surface area contributed by atoms with Gasteiger partial charge in [-0.2, -0.15) is 26.3 Å². The van der Waals surface area contributed by atoms with Gasteiger partial charge in [-0.05, 0) is 36.4 Å². The zero-order chi connectivity index (χ0) is 19.7. The van der Waals surface area contributed by atoms with Crippen LogP contribution >= 0.6 is 15.9 Å². The summed E-state index contributed by atoms with van der Waals surface area (Å²) in [5.74, 6) is -2.29. The van der Waals surface area contributed by atoms with Gasteiger partial charge in [0.05, 0.1) is 16.7 Å². The quantitative estimate of drug-likeness (QED) is 0.252. The highest BCUT2D eigenvalue weighted by molar-refractivity contribution is 9.08. The molecule has 2 aromatic rings. The van der Waals surface area contributed by atoms with Crippen molar-refractivity contribution in [1.82, 2.24) is 0 Å². The van der Waals surface area contributed by atoms with E-state index < -0.39 is 40.8 Å². The summed E-state index contributed by atoms with van der Waals surface area (Å²) in [7, 11) is 0. The second-order valence-corrected chi connectivity index (χ2v) is 5.63. The molecule has 26 heavy (non-hydrogen) atoms. The average Bonchev–Trinajstić information content (AvgIpc) is 2.54. The van der Waals surface area contributed by atoms with Gasteiger partial charge in [-0.1, -0.05) is 15.9 Å². The Labute approximate surface area is 150 Å². The van der Waals surface area contributed by atoms with Crippen molar-refractivity contribution < 1.29 is 40.3 Å². The molecule has 0 spiro atoms. The summed E-state index contributed by atoms with van der Waals surface area (Å²) in [6.07, 6.45) is -10.2. The lowest BCUT2D eigenvalue weighted by Gasteiger charge is -2.14. The second kappa shape index (κ2) is 7.26. The zero-order valence-corrected chi connectivity index (χ0v) is 14.1. The molecular weight excluding hydrogens is 437 g/mol. The minimum atomic E-state index is -5.09. The van der Waals surface area contributed by atoms with Crippen LogP contribution in [-0.4, -0.2) is 5.97 Å². The predicted molar refractivity (Wildman–Crippen MR) is 80.4 cm³/mol. The molecule has 0 saturated carbocycles. The van der Waals surface area contributed by atoms with E-state index in [9.17, 15) is 35.5 Å². The van der Waals surface area contributed by atoms with Crippen LogP contribution < -0.4 is 4.74 Å². The SMILES string of the molecule is O=C(Oc1ccc(F)c(CBr)c1)c1cc(C(F)(F)F)cc(C(F)(F)F)c1. The first kappa shape index (κ1) is 20.2. The number of hydrogen-bond donors (Lipinski definition) is 0. The van der Waals surface area contributed by atoms with Crippen LogP contribution in [0.25, 0.3) is 0 Å². The third-order valence-electron chi connectivity index (χ3n) is 3.20. The molecule has 0 radical (unpaired) electrons. The molecule has 0 unspecified atom stereocenters. The molecule has 0 aliphatic rings. The summed E-state index contributed by atoms with van der Waals surface area (Å²) in [6, 6.07) is 3.49. The van der Waals surface area contributed by atoms with Gasteiger partial charge in [0, 0.05) is 10.9 Å². The van der Waals surface area contributed by atoms with Crippen molar-refractivity contribution in [2.24, 2.45) is 0 Å². The number of alkyl halides is 7. The Kier molecular flexibility index (Phi) is 5.64. The highest BCUT2D eigenvalue weighted by Gasteiger charge is 2.37. The van der Waals surface area contributed by atoms with Crippen LogP contribution in [0.3, 0.4) is 0 Å². The highest BCUT2D eigenvalue weighted by Crippen LogP contribution is 2.36. The summed E-state index contributed by atoms with van der Waals surface area (Å²) >= 11 is 2.99. The van der Waals surface area contributed by atoms with E-state index in [4.69, 9.17) is 4.74 Å². The standard InChI is InChI=1S/C16H8BrF7O2/c17-7-9-5-12(1-2-13(9)18)26-14(25)8-3-10(15(19,20)21)6-11(4-8)16(22,23)24/h1-6H,7H2. The predicted octanol–water partition coefficient (Wildman–Crippen LogP) is 5.98. The van der Waals surface area contributed by atoms with Gasteiger partial charge in [0.25, 0.3) is 0 Å². The van der Waals surface area contributed by atoms with Gasteiger partial charge >= 0.3 is 18.3 Å². The Bertz CT molecular complexity index is 796. The van der Waals surface area contributed by atoms with Crippen LogP contribution in [0.2, 0.25) is 0 Å². The maximum atomic E-state index is 13.4. The number of carbonyl (C=O) groups is 1. The number of rotatable bonds is 3. The third kappa shape index (κ3) is 4.75. The van der Waals surface area contributed by atoms with Gasteiger partial charge < -0.3 is 4.74 Å². The molecule has 140 valence electrons. The number of esters is 1. The Balaban J connectivity index is 2.42. The number of halogens is 8. The molecule has 0 aliphatic heterocycles. The molecule has 0 heterocycles. The number of ether oxygens (including phenoxy) is 1. The van der Waals surface area contributed by atoms with Crippen molar-refractivity contribution in [2.75, 3.05) is 0 Å². The molecule has 0 amide bonds. The molecule has 0 saturated heterocycles. The molecule has 0 N–H and O–H groups in total. The summed E-state index contributed by atoms with van der Waals surface area (Å²) in [5, 5.41) is 0.0615. The third-order valence-corrected chi connectivity index (χ3v) is 3.80. The van der Waals surface area contributed by atoms with E-state index in [0.717, 1.165) is 18.2 Å². The normalized spacial score (nSPS) is 12.2. The van der Waals surface area contributed by atoms with E-state index in [1.54, 1.807) is 0 Å². The molecule has 0 bridgehead atoms. The van der Waals surface area contributed by atoms with Crippen LogP contribution in [-0.2, 0) is 17.7 Å². The van der Waals surface area contributed by atoms with Crippen molar-refractivity contribution in [1.29, 1.82) is 0 Å². The molecule has 2 aromatic carbocycles. The maximum absolute atomic E-state index is 13.4. The maximum Gasteiger partial charge on any atom is 0.416 e. The fraction of sp³-hybridized carbons (Fsp3) is 0.188. The Morgan fingerprint density at radius 1 is 0.923 bits per heavy atom. The van der Waals surface area contributed by atoms with Crippen molar-refractivity contribution in [3.05, 3.63) is 64.5 Å². The summed E-state index contributed by atoms with van der Waals surface area (Å²) in [4.78, 5) is 12.0.